The van der Waals surface area contributed by atoms with Gasteiger partial charge in [-0.05, 0) is 30.6 Å². The largest absolute Gasteiger partial charge is 0.482 e. The van der Waals surface area contributed by atoms with Gasteiger partial charge >= 0.3 is 5.97 Å². The third-order valence-electron chi connectivity index (χ3n) is 2.63. The smallest absolute Gasteiger partial charge is 0.328 e. The number of benzene rings is 1. The summed E-state index contributed by atoms with van der Waals surface area (Å²) in [4.78, 5) is 23.4. The lowest BCUT2D eigenvalue weighted by Crippen LogP contribution is -2.43. The molecule has 1 aromatic rings. The number of hydrogen-bond donors (Lipinski definition) is 1. The standard InChI is InChI=1S/C14H18ClNO4S/c1-19-14(18)11(7-8-21-2)16-13(17)9-20-12-6-4-3-5-10(12)15/h3-6,11H,7-9H2,1-2H3,(H,16,17)/t11-/m0/s1. The van der Waals surface area contributed by atoms with Gasteiger partial charge < -0.3 is 14.8 Å². The van der Waals surface area contributed by atoms with Crippen LogP contribution in [-0.4, -0.2) is 43.6 Å². The number of ether oxygens (including phenoxy) is 2. The molecule has 0 bridgehead atoms. The van der Waals surface area contributed by atoms with Gasteiger partial charge in [0.1, 0.15) is 11.8 Å². The summed E-state index contributed by atoms with van der Waals surface area (Å²) in [6.45, 7) is -0.212. The van der Waals surface area contributed by atoms with Crippen LogP contribution in [0.3, 0.4) is 0 Å². The van der Waals surface area contributed by atoms with Crippen LogP contribution in [0.4, 0.5) is 0 Å². The van der Waals surface area contributed by atoms with Gasteiger partial charge in [0.15, 0.2) is 6.61 Å². The Kier molecular flexibility index (Phi) is 8.00. The highest BCUT2D eigenvalue weighted by atomic mass is 35.5. The number of esters is 1. The van der Waals surface area contributed by atoms with E-state index in [0.29, 0.717) is 17.2 Å². The van der Waals surface area contributed by atoms with Gasteiger partial charge in [0.25, 0.3) is 5.91 Å². The second kappa shape index (κ2) is 9.52. The van der Waals surface area contributed by atoms with Crippen molar-refractivity contribution in [3.8, 4) is 5.75 Å². The lowest BCUT2D eigenvalue weighted by atomic mass is 10.2. The molecule has 7 heteroatoms. The van der Waals surface area contributed by atoms with Crippen molar-refractivity contribution in [2.75, 3.05) is 25.7 Å². The molecule has 0 radical (unpaired) electrons. The molecule has 0 fully saturated rings. The maximum absolute atomic E-state index is 11.8. The Balaban J connectivity index is 2.50. The van der Waals surface area contributed by atoms with Gasteiger partial charge in [0.2, 0.25) is 0 Å². The fourth-order valence-corrected chi connectivity index (χ4v) is 2.23. The molecule has 1 aromatic carbocycles. The minimum Gasteiger partial charge on any atom is -0.482 e. The number of para-hydroxylation sites is 1. The average Bonchev–Trinajstić information content (AvgIpc) is 2.49. The van der Waals surface area contributed by atoms with Crippen molar-refractivity contribution in [1.82, 2.24) is 5.32 Å². The van der Waals surface area contributed by atoms with E-state index < -0.39 is 17.9 Å². The normalized spacial score (nSPS) is 11.6. The Morgan fingerprint density at radius 2 is 2.10 bits per heavy atom. The van der Waals surface area contributed by atoms with Crippen LogP contribution in [0.5, 0.6) is 5.75 Å². The molecule has 21 heavy (non-hydrogen) atoms. The van der Waals surface area contributed by atoms with E-state index in [0.717, 1.165) is 5.75 Å². The summed E-state index contributed by atoms with van der Waals surface area (Å²) >= 11 is 7.51. The van der Waals surface area contributed by atoms with Crippen LogP contribution in [0.1, 0.15) is 6.42 Å². The van der Waals surface area contributed by atoms with Crippen molar-refractivity contribution in [1.29, 1.82) is 0 Å². The van der Waals surface area contributed by atoms with E-state index in [9.17, 15) is 9.59 Å². The van der Waals surface area contributed by atoms with Gasteiger partial charge in [-0.3, -0.25) is 4.79 Å². The molecule has 0 spiro atoms. The lowest BCUT2D eigenvalue weighted by Gasteiger charge is -2.16. The molecular formula is C14H18ClNO4S. The summed E-state index contributed by atoms with van der Waals surface area (Å²) < 4.78 is 9.98. The molecular weight excluding hydrogens is 314 g/mol. The van der Waals surface area contributed by atoms with Gasteiger partial charge in [-0.1, -0.05) is 23.7 Å². The molecule has 0 saturated carbocycles. The maximum atomic E-state index is 11.8. The molecule has 0 saturated heterocycles. The quantitative estimate of drug-likeness (QED) is 0.739. The first-order valence-corrected chi connectivity index (χ1v) is 8.09. The van der Waals surface area contributed by atoms with Gasteiger partial charge in [0, 0.05) is 0 Å². The zero-order chi connectivity index (χ0) is 15.7. The van der Waals surface area contributed by atoms with Crippen LogP contribution in [0.15, 0.2) is 24.3 Å². The number of hydrogen-bond acceptors (Lipinski definition) is 5. The fourth-order valence-electron chi connectivity index (χ4n) is 1.57. The van der Waals surface area contributed by atoms with Crippen LogP contribution >= 0.6 is 23.4 Å². The molecule has 1 amide bonds. The molecule has 0 aliphatic carbocycles. The van der Waals surface area contributed by atoms with Crippen LogP contribution < -0.4 is 10.1 Å². The number of carbonyl (C=O) groups excluding carboxylic acids is 2. The van der Waals surface area contributed by atoms with Crippen molar-refractivity contribution in [2.24, 2.45) is 0 Å². The van der Waals surface area contributed by atoms with E-state index in [-0.39, 0.29) is 6.61 Å². The van der Waals surface area contributed by atoms with E-state index in [1.807, 2.05) is 6.26 Å². The summed E-state index contributed by atoms with van der Waals surface area (Å²) in [5, 5.41) is 3.03. The van der Waals surface area contributed by atoms with Crippen LogP contribution in [-0.2, 0) is 14.3 Å². The summed E-state index contributed by atoms with van der Waals surface area (Å²) in [6, 6.07) is 6.20. The third kappa shape index (κ3) is 6.27. The van der Waals surface area contributed by atoms with Crippen LogP contribution in [0.25, 0.3) is 0 Å². The zero-order valence-electron chi connectivity index (χ0n) is 11.9. The Labute approximate surface area is 133 Å². The second-order valence-corrected chi connectivity index (χ2v) is 5.54. The number of carbonyl (C=O) groups is 2. The number of amides is 1. The van der Waals surface area contributed by atoms with Gasteiger partial charge in [-0.25, -0.2) is 4.79 Å². The molecule has 5 nitrogen and oxygen atoms in total. The number of nitrogens with one attached hydrogen (secondary N) is 1. The molecule has 0 aliphatic heterocycles. The SMILES string of the molecule is COC(=O)[C@H](CCSC)NC(=O)COc1ccccc1Cl. The zero-order valence-corrected chi connectivity index (χ0v) is 13.5. The van der Waals surface area contributed by atoms with Crippen LogP contribution in [0.2, 0.25) is 5.02 Å². The Hall–Kier alpha value is -1.40. The number of thioether (sulfide) groups is 1. The fraction of sp³-hybridized carbons (Fsp3) is 0.429. The summed E-state index contributed by atoms with van der Waals surface area (Å²) in [7, 11) is 1.29. The van der Waals surface area contributed by atoms with E-state index in [2.05, 4.69) is 10.1 Å². The molecule has 0 unspecified atom stereocenters. The topological polar surface area (TPSA) is 64.6 Å². The van der Waals surface area contributed by atoms with Gasteiger partial charge in [-0.2, -0.15) is 11.8 Å². The molecule has 116 valence electrons. The van der Waals surface area contributed by atoms with Gasteiger partial charge in [-0.15, -0.1) is 0 Å². The first kappa shape index (κ1) is 17.7. The average molecular weight is 332 g/mol. The lowest BCUT2D eigenvalue weighted by molar-refractivity contribution is -0.145. The van der Waals surface area contributed by atoms with Crippen molar-refractivity contribution in [3.05, 3.63) is 29.3 Å². The van der Waals surface area contributed by atoms with Crippen molar-refractivity contribution in [2.45, 2.75) is 12.5 Å². The van der Waals surface area contributed by atoms with Crippen molar-refractivity contribution >= 4 is 35.2 Å². The molecule has 0 aromatic heterocycles. The monoisotopic (exact) mass is 331 g/mol. The maximum Gasteiger partial charge on any atom is 0.328 e. The summed E-state index contributed by atoms with van der Waals surface area (Å²) in [5.41, 5.74) is 0. The van der Waals surface area contributed by atoms with Crippen molar-refractivity contribution in [3.63, 3.8) is 0 Å². The highest BCUT2D eigenvalue weighted by molar-refractivity contribution is 7.98. The molecule has 0 heterocycles. The molecule has 1 atom stereocenters. The third-order valence-corrected chi connectivity index (χ3v) is 3.58. The van der Waals surface area contributed by atoms with Crippen molar-refractivity contribution < 1.29 is 19.1 Å². The molecule has 1 rings (SSSR count). The Morgan fingerprint density at radius 3 is 2.71 bits per heavy atom. The Bertz CT molecular complexity index is 484. The first-order valence-electron chi connectivity index (χ1n) is 6.32. The number of halogens is 1. The second-order valence-electron chi connectivity index (χ2n) is 4.14. The predicted octanol–water partition coefficient (Wildman–Crippen LogP) is 2.13. The Morgan fingerprint density at radius 1 is 1.38 bits per heavy atom. The highest BCUT2D eigenvalue weighted by Gasteiger charge is 2.21. The first-order chi connectivity index (χ1) is 10.1. The van der Waals surface area contributed by atoms with E-state index in [1.165, 1.54) is 7.11 Å². The highest BCUT2D eigenvalue weighted by Crippen LogP contribution is 2.22. The summed E-state index contributed by atoms with van der Waals surface area (Å²) in [6.07, 6.45) is 2.43. The number of rotatable bonds is 8. The van der Waals surface area contributed by atoms with E-state index in [1.54, 1.807) is 36.0 Å². The number of methoxy groups -OCH3 is 1. The molecule has 0 aliphatic rings. The minimum atomic E-state index is -0.662. The molecule has 1 N–H and O–H groups in total. The summed E-state index contributed by atoms with van der Waals surface area (Å²) in [5.74, 6) is 0.306. The predicted molar refractivity (Wildman–Crippen MR) is 83.9 cm³/mol. The minimum absolute atomic E-state index is 0.212. The van der Waals surface area contributed by atoms with E-state index in [4.69, 9.17) is 16.3 Å². The van der Waals surface area contributed by atoms with Gasteiger partial charge in [0.05, 0.1) is 12.1 Å². The van der Waals surface area contributed by atoms with E-state index >= 15 is 0 Å². The van der Waals surface area contributed by atoms with Crippen LogP contribution in [0, 0.1) is 0 Å².